The zero-order valence-electron chi connectivity index (χ0n) is 9.37. The summed E-state index contributed by atoms with van der Waals surface area (Å²) in [6.07, 6.45) is 4.03. The first-order chi connectivity index (χ1) is 8.26. The Hall–Kier alpha value is -1.94. The van der Waals surface area contributed by atoms with Crippen molar-refractivity contribution in [2.75, 3.05) is 11.4 Å². The molecule has 0 spiro atoms. The van der Waals surface area contributed by atoms with Crippen molar-refractivity contribution in [2.45, 2.75) is 12.6 Å². The zero-order chi connectivity index (χ0) is 12.3. The van der Waals surface area contributed by atoms with E-state index < -0.39 is 11.8 Å². The number of nitrogens with zero attached hydrogens (tertiary/aromatic N) is 1. The van der Waals surface area contributed by atoms with E-state index in [0.29, 0.717) is 19.4 Å². The quantitative estimate of drug-likeness (QED) is 0.469. The van der Waals surface area contributed by atoms with Gasteiger partial charge in [0.15, 0.2) is 6.29 Å². The van der Waals surface area contributed by atoms with E-state index in [1.807, 2.05) is 35.2 Å². The molecule has 0 amide bonds. The molecule has 4 heteroatoms. The van der Waals surface area contributed by atoms with Crippen LogP contribution >= 0.6 is 0 Å². The zero-order valence-corrected chi connectivity index (χ0v) is 9.37. The molecule has 0 saturated carbocycles. The molecular formula is C13H14N2O2. The predicted molar refractivity (Wildman–Crippen MR) is 65.7 cm³/mol. The van der Waals surface area contributed by atoms with E-state index in [0.717, 1.165) is 11.3 Å². The van der Waals surface area contributed by atoms with Crippen molar-refractivity contribution in [1.82, 2.24) is 0 Å². The van der Waals surface area contributed by atoms with Crippen LogP contribution in [0.4, 0.5) is 5.69 Å². The van der Waals surface area contributed by atoms with Crippen LogP contribution in [0.3, 0.4) is 0 Å². The second-order valence-electron chi connectivity index (χ2n) is 3.92. The van der Waals surface area contributed by atoms with Gasteiger partial charge in [0.2, 0.25) is 5.78 Å². The molecule has 4 nitrogen and oxygen atoms in total. The summed E-state index contributed by atoms with van der Waals surface area (Å²) in [5.41, 5.74) is 7.49. The molecule has 1 aliphatic rings. The highest BCUT2D eigenvalue weighted by molar-refractivity contribution is 6.29. The van der Waals surface area contributed by atoms with Gasteiger partial charge < -0.3 is 10.6 Å². The topological polar surface area (TPSA) is 63.4 Å². The minimum absolute atomic E-state index is 0.377. The van der Waals surface area contributed by atoms with E-state index in [1.54, 1.807) is 6.08 Å². The Morgan fingerprint density at radius 2 is 2.12 bits per heavy atom. The van der Waals surface area contributed by atoms with E-state index in [9.17, 15) is 9.59 Å². The summed E-state index contributed by atoms with van der Waals surface area (Å²) in [5.74, 6) is -0.415. The molecule has 2 N–H and O–H groups in total. The number of benzene rings is 1. The van der Waals surface area contributed by atoms with Gasteiger partial charge in [0.25, 0.3) is 0 Å². The van der Waals surface area contributed by atoms with Crippen molar-refractivity contribution >= 4 is 17.8 Å². The largest absolute Gasteiger partial charge is 0.354 e. The summed E-state index contributed by atoms with van der Waals surface area (Å²) in [6, 6.07) is 7.23. The molecule has 0 aliphatic carbocycles. The van der Waals surface area contributed by atoms with Crippen LogP contribution in [0, 0.1) is 0 Å². The normalized spacial score (nSPS) is 18.4. The lowest BCUT2D eigenvalue weighted by Gasteiger charge is -2.24. The third-order valence-electron chi connectivity index (χ3n) is 2.87. The number of anilines is 1. The Labute approximate surface area is 99.7 Å². The first-order valence-corrected chi connectivity index (χ1v) is 5.47. The predicted octanol–water partition coefficient (Wildman–Crippen LogP) is 0.658. The molecule has 0 radical (unpaired) electrons. The van der Waals surface area contributed by atoms with Crippen LogP contribution in [0.25, 0.3) is 0 Å². The van der Waals surface area contributed by atoms with Gasteiger partial charge >= 0.3 is 0 Å². The minimum Gasteiger partial charge on any atom is -0.354 e. The monoisotopic (exact) mass is 230 g/mol. The highest BCUT2D eigenvalue weighted by Gasteiger charge is 2.26. The minimum atomic E-state index is -0.462. The number of hydrogen-bond donors (Lipinski definition) is 1. The van der Waals surface area contributed by atoms with Crippen LogP contribution in [0.5, 0.6) is 0 Å². The van der Waals surface area contributed by atoms with Gasteiger partial charge in [-0.15, -0.1) is 0 Å². The standard InChI is InChI=1S/C13H14N2O2/c14-8-10-3-5-11(6-4-10)15-7-1-2-12(15)13(17)9-16/h1-6,9,12H,7-8,14H2. The lowest BCUT2D eigenvalue weighted by molar-refractivity contribution is -0.130. The molecule has 1 aromatic rings. The van der Waals surface area contributed by atoms with E-state index in [4.69, 9.17) is 5.73 Å². The molecule has 1 aromatic carbocycles. The lowest BCUT2D eigenvalue weighted by atomic mass is 10.1. The Balaban J connectivity index is 2.21. The van der Waals surface area contributed by atoms with Crippen LogP contribution < -0.4 is 10.6 Å². The van der Waals surface area contributed by atoms with Crippen molar-refractivity contribution in [3.8, 4) is 0 Å². The average molecular weight is 230 g/mol. The van der Waals surface area contributed by atoms with Gasteiger partial charge in [-0.2, -0.15) is 0 Å². The Morgan fingerprint density at radius 1 is 1.41 bits per heavy atom. The second kappa shape index (κ2) is 4.93. The van der Waals surface area contributed by atoms with Gasteiger partial charge in [0.1, 0.15) is 6.04 Å². The summed E-state index contributed by atoms with van der Waals surface area (Å²) >= 11 is 0. The first kappa shape index (κ1) is 11.5. The molecule has 0 aromatic heterocycles. The number of rotatable bonds is 4. The van der Waals surface area contributed by atoms with E-state index >= 15 is 0 Å². The molecule has 0 fully saturated rings. The number of carbonyl (C=O) groups excluding carboxylic acids is 2. The van der Waals surface area contributed by atoms with Crippen molar-refractivity contribution in [1.29, 1.82) is 0 Å². The van der Waals surface area contributed by atoms with E-state index in [-0.39, 0.29) is 0 Å². The van der Waals surface area contributed by atoms with Gasteiger partial charge in [0.05, 0.1) is 0 Å². The van der Waals surface area contributed by atoms with E-state index in [2.05, 4.69) is 0 Å². The molecule has 0 bridgehead atoms. The maximum absolute atomic E-state index is 11.4. The van der Waals surface area contributed by atoms with Crippen LogP contribution in [0.1, 0.15) is 5.56 Å². The van der Waals surface area contributed by atoms with Crippen LogP contribution in [-0.2, 0) is 16.1 Å². The molecule has 2 rings (SSSR count). The summed E-state index contributed by atoms with van der Waals surface area (Å²) in [5, 5.41) is 0. The van der Waals surface area contributed by atoms with Gasteiger partial charge in [-0.05, 0) is 17.7 Å². The molecule has 1 atom stereocenters. The molecular weight excluding hydrogens is 216 g/mol. The van der Waals surface area contributed by atoms with Crippen molar-refractivity contribution < 1.29 is 9.59 Å². The number of nitrogens with two attached hydrogens (primary N) is 1. The van der Waals surface area contributed by atoms with Crippen LogP contribution in [0.2, 0.25) is 0 Å². The van der Waals surface area contributed by atoms with Crippen molar-refractivity contribution in [2.24, 2.45) is 5.73 Å². The first-order valence-electron chi connectivity index (χ1n) is 5.47. The molecule has 1 aliphatic heterocycles. The highest BCUT2D eigenvalue weighted by Crippen LogP contribution is 2.22. The van der Waals surface area contributed by atoms with Crippen LogP contribution in [-0.4, -0.2) is 24.7 Å². The molecule has 88 valence electrons. The van der Waals surface area contributed by atoms with Gasteiger partial charge in [0, 0.05) is 18.8 Å². The number of aldehydes is 1. The fraction of sp³-hybridized carbons (Fsp3) is 0.231. The Bertz CT molecular complexity index is 451. The maximum Gasteiger partial charge on any atom is 0.221 e. The SMILES string of the molecule is NCc1ccc(N2CC=CC2C(=O)C=O)cc1. The summed E-state index contributed by atoms with van der Waals surface area (Å²) in [6.45, 7) is 1.14. The average Bonchev–Trinajstić information content (AvgIpc) is 2.87. The summed E-state index contributed by atoms with van der Waals surface area (Å²) in [4.78, 5) is 23.9. The van der Waals surface area contributed by atoms with Gasteiger partial charge in [-0.1, -0.05) is 24.3 Å². The Kier molecular flexibility index (Phi) is 3.35. The number of ketones is 1. The Morgan fingerprint density at radius 3 is 2.71 bits per heavy atom. The summed E-state index contributed by atoms with van der Waals surface area (Å²) < 4.78 is 0. The van der Waals surface area contributed by atoms with Gasteiger partial charge in [-0.3, -0.25) is 9.59 Å². The lowest BCUT2D eigenvalue weighted by Crippen LogP contribution is -2.37. The van der Waals surface area contributed by atoms with Crippen molar-refractivity contribution in [3.63, 3.8) is 0 Å². The summed E-state index contributed by atoms with van der Waals surface area (Å²) in [7, 11) is 0. The second-order valence-corrected chi connectivity index (χ2v) is 3.92. The van der Waals surface area contributed by atoms with Crippen molar-refractivity contribution in [3.05, 3.63) is 42.0 Å². The van der Waals surface area contributed by atoms with Gasteiger partial charge in [-0.25, -0.2) is 0 Å². The number of carbonyl (C=O) groups is 2. The molecule has 17 heavy (non-hydrogen) atoms. The molecule has 1 heterocycles. The third kappa shape index (κ3) is 2.26. The van der Waals surface area contributed by atoms with Crippen LogP contribution in [0.15, 0.2) is 36.4 Å². The number of Topliss-reactive ketones (excluding diaryl/α,β-unsaturated/α-hetero) is 1. The fourth-order valence-electron chi connectivity index (χ4n) is 1.93. The fourth-order valence-corrected chi connectivity index (χ4v) is 1.93. The number of hydrogen-bond acceptors (Lipinski definition) is 4. The highest BCUT2D eigenvalue weighted by atomic mass is 16.2. The maximum atomic E-state index is 11.4. The molecule has 0 saturated heterocycles. The molecule has 1 unspecified atom stereocenters. The van der Waals surface area contributed by atoms with E-state index in [1.165, 1.54) is 0 Å². The third-order valence-corrected chi connectivity index (χ3v) is 2.87. The smallest absolute Gasteiger partial charge is 0.221 e.